The van der Waals surface area contributed by atoms with Crippen LogP contribution in [0.1, 0.15) is 11.4 Å². The van der Waals surface area contributed by atoms with Crippen LogP contribution in [0.3, 0.4) is 0 Å². The summed E-state index contributed by atoms with van der Waals surface area (Å²) in [6.07, 6.45) is 0. The molecule has 2 N–H and O–H groups in total. The van der Waals surface area contributed by atoms with E-state index in [9.17, 15) is 9.59 Å². The lowest BCUT2D eigenvalue weighted by Gasteiger charge is -2.28. The van der Waals surface area contributed by atoms with Crippen molar-refractivity contribution in [1.82, 2.24) is 14.7 Å². The van der Waals surface area contributed by atoms with E-state index in [1.165, 1.54) is 0 Å². The van der Waals surface area contributed by atoms with Crippen molar-refractivity contribution in [3.8, 4) is 5.69 Å². The zero-order valence-corrected chi connectivity index (χ0v) is 20.5. The number of anilines is 3. The molecule has 0 spiro atoms. The lowest BCUT2D eigenvalue weighted by Crippen LogP contribution is -2.36. The molecule has 1 aliphatic rings. The van der Waals surface area contributed by atoms with Crippen molar-refractivity contribution in [2.75, 3.05) is 62.0 Å². The summed E-state index contributed by atoms with van der Waals surface area (Å²) >= 11 is 0. The van der Waals surface area contributed by atoms with Gasteiger partial charge in [-0.25, -0.2) is 4.68 Å². The van der Waals surface area contributed by atoms with Gasteiger partial charge < -0.3 is 20.3 Å². The standard InChI is InChI=1S/C26H32N6O3/c1-19-26(20(2)32(29-19)23-7-5-4-6-8-23)28-25(34)18-30(3)17-24(33)27-21-9-11-22(12-10-21)31-13-15-35-16-14-31/h4-12H,13-18H2,1-3H3,(H,27,33)(H,28,34). The van der Waals surface area contributed by atoms with Crippen LogP contribution in [-0.2, 0) is 14.3 Å². The lowest BCUT2D eigenvalue weighted by atomic mass is 10.2. The van der Waals surface area contributed by atoms with E-state index < -0.39 is 0 Å². The first kappa shape index (κ1) is 24.4. The Balaban J connectivity index is 1.28. The second-order valence-corrected chi connectivity index (χ2v) is 8.71. The van der Waals surface area contributed by atoms with Crippen LogP contribution in [0.25, 0.3) is 5.69 Å². The fourth-order valence-electron chi connectivity index (χ4n) is 4.15. The molecule has 2 heterocycles. The predicted molar refractivity (Wildman–Crippen MR) is 137 cm³/mol. The monoisotopic (exact) mass is 476 g/mol. The Kier molecular flexibility index (Phi) is 7.79. The Hall–Kier alpha value is -3.69. The third-order valence-electron chi connectivity index (χ3n) is 5.91. The second-order valence-electron chi connectivity index (χ2n) is 8.71. The van der Waals surface area contributed by atoms with Gasteiger partial charge in [0.15, 0.2) is 0 Å². The Morgan fingerprint density at radius 2 is 1.54 bits per heavy atom. The minimum absolute atomic E-state index is 0.0821. The summed E-state index contributed by atoms with van der Waals surface area (Å²) in [6, 6.07) is 17.6. The fourth-order valence-corrected chi connectivity index (χ4v) is 4.15. The number of nitrogens with one attached hydrogen (secondary N) is 2. The summed E-state index contributed by atoms with van der Waals surface area (Å²) < 4.78 is 7.20. The zero-order chi connectivity index (χ0) is 24.8. The number of rotatable bonds is 8. The lowest BCUT2D eigenvalue weighted by molar-refractivity contribution is -0.119. The molecule has 0 unspecified atom stereocenters. The third-order valence-corrected chi connectivity index (χ3v) is 5.91. The van der Waals surface area contributed by atoms with Crippen LogP contribution >= 0.6 is 0 Å². The average molecular weight is 477 g/mol. The molecule has 1 aliphatic heterocycles. The highest BCUT2D eigenvalue weighted by Gasteiger charge is 2.17. The molecule has 1 saturated heterocycles. The Morgan fingerprint density at radius 1 is 0.914 bits per heavy atom. The van der Waals surface area contributed by atoms with E-state index >= 15 is 0 Å². The van der Waals surface area contributed by atoms with Crippen molar-refractivity contribution in [3.05, 3.63) is 66.0 Å². The molecule has 2 aromatic carbocycles. The van der Waals surface area contributed by atoms with Gasteiger partial charge in [-0.1, -0.05) is 18.2 Å². The van der Waals surface area contributed by atoms with E-state index in [1.54, 1.807) is 11.9 Å². The molecule has 0 aliphatic carbocycles. The molecule has 2 amide bonds. The van der Waals surface area contributed by atoms with Crippen LogP contribution < -0.4 is 15.5 Å². The van der Waals surface area contributed by atoms with Gasteiger partial charge >= 0.3 is 0 Å². The highest BCUT2D eigenvalue weighted by molar-refractivity contribution is 5.95. The number of carbonyl (C=O) groups excluding carboxylic acids is 2. The molecule has 0 atom stereocenters. The van der Waals surface area contributed by atoms with Crippen LogP contribution in [0.4, 0.5) is 17.1 Å². The van der Waals surface area contributed by atoms with Gasteiger partial charge in [-0.05, 0) is 57.3 Å². The van der Waals surface area contributed by atoms with Gasteiger partial charge in [0.25, 0.3) is 0 Å². The summed E-state index contributed by atoms with van der Waals surface area (Å²) in [6.45, 7) is 7.15. The topological polar surface area (TPSA) is 91.7 Å². The minimum Gasteiger partial charge on any atom is -0.378 e. The SMILES string of the molecule is Cc1nn(-c2ccccc2)c(C)c1NC(=O)CN(C)CC(=O)Nc1ccc(N2CCOCC2)cc1. The molecule has 3 aromatic rings. The van der Waals surface area contributed by atoms with Gasteiger partial charge in [-0.2, -0.15) is 5.10 Å². The van der Waals surface area contributed by atoms with Gasteiger partial charge in [0.2, 0.25) is 11.8 Å². The number of likely N-dealkylation sites (N-methyl/N-ethyl adjacent to an activating group) is 1. The van der Waals surface area contributed by atoms with Gasteiger partial charge in [0, 0.05) is 24.5 Å². The van der Waals surface area contributed by atoms with Crippen molar-refractivity contribution >= 4 is 28.9 Å². The molecule has 35 heavy (non-hydrogen) atoms. The first-order valence-electron chi connectivity index (χ1n) is 11.7. The normalized spacial score (nSPS) is 13.7. The Bertz CT molecular complexity index is 1150. The molecule has 4 rings (SSSR count). The summed E-state index contributed by atoms with van der Waals surface area (Å²) in [7, 11) is 1.74. The number of hydrogen-bond donors (Lipinski definition) is 2. The summed E-state index contributed by atoms with van der Waals surface area (Å²) in [5.74, 6) is -0.377. The molecule has 9 heteroatoms. The van der Waals surface area contributed by atoms with E-state index in [0.717, 1.165) is 54.8 Å². The van der Waals surface area contributed by atoms with Crippen molar-refractivity contribution in [2.45, 2.75) is 13.8 Å². The Labute approximate surface area is 205 Å². The van der Waals surface area contributed by atoms with Gasteiger partial charge in [-0.3, -0.25) is 14.5 Å². The number of carbonyl (C=O) groups is 2. The van der Waals surface area contributed by atoms with Crippen molar-refractivity contribution < 1.29 is 14.3 Å². The van der Waals surface area contributed by atoms with E-state index in [0.29, 0.717) is 5.69 Å². The van der Waals surface area contributed by atoms with Gasteiger partial charge in [0.1, 0.15) is 0 Å². The number of morpholine rings is 1. The Morgan fingerprint density at radius 3 is 2.20 bits per heavy atom. The minimum atomic E-state index is -0.200. The molecule has 1 fully saturated rings. The van der Waals surface area contributed by atoms with Crippen molar-refractivity contribution in [1.29, 1.82) is 0 Å². The van der Waals surface area contributed by atoms with Gasteiger partial charge in [0.05, 0.1) is 49.1 Å². The quantitative estimate of drug-likeness (QED) is 0.520. The molecular weight excluding hydrogens is 444 g/mol. The number of aryl methyl sites for hydroxylation is 1. The highest BCUT2D eigenvalue weighted by Crippen LogP contribution is 2.23. The first-order valence-corrected chi connectivity index (χ1v) is 11.7. The third kappa shape index (κ3) is 6.26. The van der Waals surface area contributed by atoms with Crippen LogP contribution in [0.2, 0.25) is 0 Å². The zero-order valence-electron chi connectivity index (χ0n) is 20.5. The summed E-state index contributed by atoms with van der Waals surface area (Å²) in [4.78, 5) is 29.1. The summed E-state index contributed by atoms with van der Waals surface area (Å²) in [5, 5.41) is 10.4. The van der Waals surface area contributed by atoms with Gasteiger partial charge in [-0.15, -0.1) is 0 Å². The number of ether oxygens (including phenoxy) is 1. The van der Waals surface area contributed by atoms with Crippen LogP contribution in [0.15, 0.2) is 54.6 Å². The average Bonchev–Trinajstić information content (AvgIpc) is 3.13. The number of amides is 2. The first-order chi connectivity index (χ1) is 16.9. The smallest absolute Gasteiger partial charge is 0.238 e. The number of benzene rings is 2. The van der Waals surface area contributed by atoms with Crippen molar-refractivity contribution in [3.63, 3.8) is 0 Å². The van der Waals surface area contributed by atoms with Crippen molar-refractivity contribution in [2.24, 2.45) is 0 Å². The molecule has 0 radical (unpaired) electrons. The summed E-state index contributed by atoms with van der Waals surface area (Å²) in [5.41, 5.74) is 5.05. The second kappa shape index (κ2) is 11.2. The molecule has 184 valence electrons. The van der Waals surface area contributed by atoms with E-state index in [4.69, 9.17) is 4.74 Å². The van der Waals surface area contributed by atoms with Crippen LogP contribution in [-0.4, -0.2) is 72.9 Å². The van der Waals surface area contributed by atoms with E-state index in [2.05, 4.69) is 20.6 Å². The highest BCUT2D eigenvalue weighted by atomic mass is 16.5. The molecule has 0 bridgehead atoms. The number of para-hydroxylation sites is 1. The van der Waals surface area contributed by atoms with E-state index in [-0.39, 0.29) is 24.9 Å². The number of hydrogen-bond acceptors (Lipinski definition) is 6. The van der Waals surface area contributed by atoms with E-state index in [1.807, 2.05) is 73.1 Å². The van der Waals surface area contributed by atoms with Crippen LogP contribution in [0, 0.1) is 13.8 Å². The number of aromatic nitrogens is 2. The maximum Gasteiger partial charge on any atom is 0.238 e. The number of nitrogens with zero attached hydrogens (tertiary/aromatic N) is 4. The maximum atomic E-state index is 12.7. The molecule has 0 saturated carbocycles. The van der Waals surface area contributed by atoms with Crippen LogP contribution in [0.5, 0.6) is 0 Å². The largest absolute Gasteiger partial charge is 0.378 e. The predicted octanol–water partition coefficient (Wildman–Crippen LogP) is 2.83. The maximum absolute atomic E-state index is 12.7. The molecule has 1 aromatic heterocycles. The molecular formula is C26H32N6O3. The fraction of sp³-hybridized carbons (Fsp3) is 0.346. The molecule has 9 nitrogen and oxygen atoms in total.